The van der Waals surface area contributed by atoms with Crippen molar-refractivity contribution in [2.24, 2.45) is 0 Å². The lowest BCUT2D eigenvalue weighted by Gasteiger charge is -2.43. The van der Waals surface area contributed by atoms with Crippen LogP contribution in [0.3, 0.4) is 0 Å². The van der Waals surface area contributed by atoms with Gasteiger partial charge in [0.25, 0.3) is 5.91 Å². The fourth-order valence-corrected chi connectivity index (χ4v) is 3.17. The number of aliphatic hydroxyl groups excluding tert-OH is 1. The third-order valence-corrected chi connectivity index (χ3v) is 4.74. The minimum absolute atomic E-state index is 0.0461. The molecule has 1 aliphatic carbocycles. The lowest BCUT2D eigenvalue weighted by Crippen LogP contribution is -2.54. The molecule has 1 fully saturated rings. The van der Waals surface area contributed by atoms with Crippen LogP contribution in [-0.4, -0.2) is 42.1 Å². The van der Waals surface area contributed by atoms with E-state index in [0.29, 0.717) is 6.54 Å². The Morgan fingerprint density at radius 1 is 1.36 bits per heavy atom. The quantitative estimate of drug-likeness (QED) is 0.877. The van der Waals surface area contributed by atoms with Gasteiger partial charge in [-0.1, -0.05) is 31.4 Å². The Bertz CT molecular complexity index is 513. The number of rotatable bonds is 5. The van der Waals surface area contributed by atoms with Gasteiger partial charge in [-0.15, -0.1) is 0 Å². The molecular formula is C17H25FN2O2. The maximum atomic E-state index is 13.2. The van der Waals surface area contributed by atoms with Crippen molar-refractivity contribution in [3.8, 4) is 0 Å². The standard InChI is InChI=1S/C17H25FN2O2/c1-20(2)17(9-4-3-5-10-17)12-19-16(22)15(21)13-7-6-8-14(18)11-13/h6-8,11,15,21H,3-5,9-10,12H2,1-2H3,(H,19,22)/t15-/m0/s1. The average molecular weight is 308 g/mol. The van der Waals surface area contributed by atoms with E-state index in [1.165, 1.54) is 24.6 Å². The number of nitrogens with one attached hydrogen (secondary N) is 1. The second-order valence-corrected chi connectivity index (χ2v) is 6.35. The summed E-state index contributed by atoms with van der Waals surface area (Å²) in [6, 6.07) is 5.52. The Hall–Kier alpha value is -1.46. The number of halogens is 1. The van der Waals surface area contributed by atoms with E-state index in [4.69, 9.17) is 0 Å². The van der Waals surface area contributed by atoms with E-state index in [-0.39, 0.29) is 11.1 Å². The van der Waals surface area contributed by atoms with Crippen LogP contribution in [0.2, 0.25) is 0 Å². The molecule has 0 aromatic heterocycles. The molecule has 0 spiro atoms. The Balaban J connectivity index is 1.99. The van der Waals surface area contributed by atoms with Gasteiger partial charge < -0.3 is 15.3 Å². The van der Waals surface area contributed by atoms with Crippen LogP contribution in [0.1, 0.15) is 43.8 Å². The van der Waals surface area contributed by atoms with Crippen LogP contribution in [0.4, 0.5) is 4.39 Å². The molecule has 1 aromatic carbocycles. The molecule has 22 heavy (non-hydrogen) atoms. The summed E-state index contributed by atoms with van der Waals surface area (Å²) >= 11 is 0. The van der Waals surface area contributed by atoms with Crippen molar-refractivity contribution in [1.82, 2.24) is 10.2 Å². The minimum atomic E-state index is -1.33. The number of hydrogen-bond acceptors (Lipinski definition) is 3. The largest absolute Gasteiger partial charge is 0.378 e. The van der Waals surface area contributed by atoms with Crippen molar-refractivity contribution < 1.29 is 14.3 Å². The van der Waals surface area contributed by atoms with E-state index in [0.717, 1.165) is 25.7 Å². The van der Waals surface area contributed by atoms with E-state index in [9.17, 15) is 14.3 Å². The summed E-state index contributed by atoms with van der Waals surface area (Å²) < 4.78 is 13.2. The summed E-state index contributed by atoms with van der Waals surface area (Å²) in [6.07, 6.45) is 4.28. The predicted octanol–water partition coefficient (Wildman–Crippen LogP) is 2.24. The third kappa shape index (κ3) is 3.84. The second kappa shape index (κ2) is 7.20. The molecule has 4 nitrogen and oxygen atoms in total. The molecule has 1 saturated carbocycles. The van der Waals surface area contributed by atoms with Gasteiger partial charge in [-0.2, -0.15) is 0 Å². The first-order chi connectivity index (χ1) is 10.4. The summed E-state index contributed by atoms with van der Waals surface area (Å²) in [6.45, 7) is 0.505. The highest BCUT2D eigenvalue weighted by Gasteiger charge is 2.35. The summed E-state index contributed by atoms with van der Waals surface area (Å²) in [4.78, 5) is 14.3. The van der Waals surface area contributed by atoms with E-state index < -0.39 is 17.8 Å². The van der Waals surface area contributed by atoms with Crippen LogP contribution in [0, 0.1) is 5.82 Å². The highest BCUT2D eigenvalue weighted by Crippen LogP contribution is 2.31. The second-order valence-electron chi connectivity index (χ2n) is 6.35. The monoisotopic (exact) mass is 308 g/mol. The topological polar surface area (TPSA) is 52.6 Å². The molecule has 5 heteroatoms. The molecule has 0 bridgehead atoms. The van der Waals surface area contributed by atoms with Crippen LogP contribution in [0.5, 0.6) is 0 Å². The van der Waals surface area contributed by atoms with E-state index in [1.807, 2.05) is 14.1 Å². The number of nitrogens with zero attached hydrogens (tertiary/aromatic N) is 1. The summed E-state index contributed by atoms with van der Waals surface area (Å²) in [5, 5.41) is 12.9. The van der Waals surface area contributed by atoms with Gasteiger partial charge >= 0.3 is 0 Å². The van der Waals surface area contributed by atoms with Crippen LogP contribution < -0.4 is 5.32 Å². The summed E-state index contributed by atoms with van der Waals surface area (Å²) in [5.41, 5.74) is 0.232. The van der Waals surface area contributed by atoms with Gasteiger partial charge in [0, 0.05) is 12.1 Å². The molecule has 0 saturated heterocycles. The van der Waals surface area contributed by atoms with Crippen LogP contribution >= 0.6 is 0 Å². The van der Waals surface area contributed by atoms with Crippen molar-refractivity contribution in [2.45, 2.75) is 43.7 Å². The van der Waals surface area contributed by atoms with Gasteiger partial charge in [0.05, 0.1) is 0 Å². The molecule has 1 aliphatic rings. The van der Waals surface area contributed by atoms with E-state index in [2.05, 4.69) is 10.2 Å². The Labute approximate surface area is 131 Å². The fraction of sp³-hybridized carbons (Fsp3) is 0.588. The molecular weight excluding hydrogens is 283 g/mol. The molecule has 1 aromatic rings. The number of carbonyl (C=O) groups is 1. The van der Waals surface area contributed by atoms with Crippen molar-refractivity contribution in [3.63, 3.8) is 0 Å². The molecule has 0 unspecified atom stereocenters. The minimum Gasteiger partial charge on any atom is -0.378 e. The zero-order chi connectivity index (χ0) is 16.2. The van der Waals surface area contributed by atoms with Gasteiger partial charge in [-0.05, 0) is 44.6 Å². The number of hydrogen-bond donors (Lipinski definition) is 2. The Morgan fingerprint density at radius 3 is 2.64 bits per heavy atom. The summed E-state index contributed by atoms with van der Waals surface area (Å²) in [7, 11) is 4.06. The Kier molecular flexibility index (Phi) is 5.53. The van der Waals surface area contributed by atoms with E-state index >= 15 is 0 Å². The van der Waals surface area contributed by atoms with Crippen LogP contribution in [0.25, 0.3) is 0 Å². The Morgan fingerprint density at radius 2 is 2.05 bits per heavy atom. The molecule has 2 N–H and O–H groups in total. The molecule has 1 amide bonds. The number of carbonyl (C=O) groups excluding carboxylic acids is 1. The normalized spacial score (nSPS) is 19.0. The number of aliphatic hydroxyl groups is 1. The highest BCUT2D eigenvalue weighted by molar-refractivity contribution is 5.81. The maximum absolute atomic E-state index is 13.2. The molecule has 0 aliphatic heterocycles. The van der Waals surface area contributed by atoms with Gasteiger partial charge in [0.1, 0.15) is 5.82 Å². The highest BCUT2D eigenvalue weighted by atomic mass is 19.1. The third-order valence-electron chi connectivity index (χ3n) is 4.74. The molecule has 2 rings (SSSR count). The zero-order valence-corrected chi connectivity index (χ0v) is 13.3. The molecule has 0 radical (unpaired) electrons. The molecule has 122 valence electrons. The fourth-order valence-electron chi connectivity index (χ4n) is 3.17. The van der Waals surface area contributed by atoms with Crippen molar-refractivity contribution in [1.29, 1.82) is 0 Å². The van der Waals surface area contributed by atoms with Gasteiger partial charge in [0.15, 0.2) is 6.10 Å². The van der Waals surface area contributed by atoms with Crippen molar-refractivity contribution in [3.05, 3.63) is 35.6 Å². The van der Waals surface area contributed by atoms with Crippen LogP contribution in [-0.2, 0) is 4.79 Å². The number of likely N-dealkylation sites (N-methyl/N-ethyl adjacent to an activating group) is 1. The lowest BCUT2D eigenvalue weighted by molar-refractivity contribution is -0.130. The zero-order valence-electron chi connectivity index (χ0n) is 13.3. The SMILES string of the molecule is CN(C)C1(CNC(=O)[C@@H](O)c2cccc(F)c2)CCCCC1. The lowest BCUT2D eigenvalue weighted by atomic mass is 9.80. The molecule has 1 atom stereocenters. The summed E-state index contributed by atoms with van der Waals surface area (Å²) in [5.74, 6) is -0.932. The predicted molar refractivity (Wildman–Crippen MR) is 83.9 cm³/mol. The average Bonchev–Trinajstić information content (AvgIpc) is 2.52. The first kappa shape index (κ1) is 16.9. The smallest absolute Gasteiger partial charge is 0.253 e. The number of amides is 1. The van der Waals surface area contributed by atoms with Gasteiger partial charge in [-0.25, -0.2) is 4.39 Å². The first-order valence-corrected chi connectivity index (χ1v) is 7.83. The van der Waals surface area contributed by atoms with Gasteiger partial charge in [-0.3, -0.25) is 4.79 Å². The van der Waals surface area contributed by atoms with Crippen molar-refractivity contribution in [2.75, 3.05) is 20.6 Å². The van der Waals surface area contributed by atoms with E-state index in [1.54, 1.807) is 6.07 Å². The number of benzene rings is 1. The van der Waals surface area contributed by atoms with Crippen LogP contribution in [0.15, 0.2) is 24.3 Å². The molecule has 0 heterocycles. The maximum Gasteiger partial charge on any atom is 0.253 e. The first-order valence-electron chi connectivity index (χ1n) is 7.83. The van der Waals surface area contributed by atoms with Crippen molar-refractivity contribution >= 4 is 5.91 Å². The van der Waals surface area contributed by atoms with Gasteiger partial charge in [0.2, 0.25) is 0 Å².